The van der Waals surface area contributed by atoms with E-state index < -0.39 is 11.7 Å². The van der Waals surface area contributed by atoms with Crippen molar-refractivity contribution in [2.24, 2.45) is 0 Å². The summed E-state index contributed by atoms with van der Waals surface area (Å²) in [6.07, 6.45) is 2.06. The Morgan fingerprint density at radius 1 is 0.969 bits per heavy atom. The predicted octanol–water partition coefficient (Wildman–Crippen LogP) is 4.47. The molecule has 1 unspecified atom stereocenters. The third-order valence-corrected chi connectivity index (χ3v) is 6.27. The van der Waals surface area contributed by atoms with Gasteiger partial charge in [0, 0.05) is 24.7 Å². The van der Waals surface area contributed by atoms with Crippen molar-refractivity contribution in [3.63, 3.8) is 0 Å². The Morgan fingerprint density at radius 2 is 1.56 bits per heavy atom. The summed E-state index contributed by atoms with van der Waals surface area (Å²) in [4.78, 5) is 40.0. The van der Waals surface area contributed by atoms with Crippen molar-refractivity contribution in [2.75, 3.05) is 13.1 Å². The van der Waals surface area contributed by atoms with E-state index in [4.69, 9.17) is 0 Å². The number of carbonyl (C=O) groups excluding carboxylic acids is 3. The van der Waals surface area contributed by atoms with E-state index in [1.165, 1.54) is 0 Å². The Morgan fingerprint density at radius 3 is 2.09 bits per heavy atom. The molecule has 2 amide bonds. The second-order valence-electron chi connectivity index (χ2n) is 9.60. The number of nitrogens with zero attached hydrogens (tertiary/aromatic N) is 1. The first kappa shape index (κ1) is 23.7. The van der Waals surface area contributed by atoms with Crippen LogP contribution in [-0.4, -0.2) is 41.6 Å². The fourth-order valence-corrected chi connectivity index (χ4v) is 4.21. The van der Waals surface area contributed by atoms with Gasteiger partial charge >= 0.3 is 0 Å². The van der Waals surface area contributed by atoms with Gasteiger partial charge in [-0.2, -0.15) is 0 Å². The van der Waals surface area contributed by atoms with Gasteiger partial charge in [0.25, 0.3) is 5.91 Å². The van der Waals surface area contributed by atoms with Crippen LogP contribution in [0.1, 0.15) is 74.4 Å². The molecule has 1 aliphatic heterocycles. The Balaban J connectivity index is 1.53. The number of likely N-dealkylation sites (tertiary alicyclic amines) is 1. The molecule has 0 radical (unpaired) electrons. The Hall–Kier alpha value is -2.95. The van der Waals surface area contributed by atoms with Gasteiger partial charge in [-0.05, 0) is 35.8 Å². The molecule has 1 heterocycles. The minimum atomic E-state index is -0.575. The molecule has 0 aromatic heterocycles. The molecule has 1 atom stereocenters. The van der Waals surface area contributed by atoms with E-state index in [0.29, 0.717) is 31.5 Å². The first-order valence-corrected chi connectivity index (χ1v) is 11.5. The zero-order valence-electron chi connectivity index (χ0n) is 19.6. The summed E-state index contributed by atoms with van der Waals surface area (Å²) in [6, 6.07) is 17.0. The van der Waals surface area contributed by atoms with Gasteiger partial charge in [0.15, 0.2) is 0 Å². The molecular weight excluding hydrogens is 400 g/mol. The van der Waals surface area contributed by atoms with Gasteiger partial charge < -0.3 is 10.2 Å². The Kier molecular flexibility index (Phi) is 7.49. The molecule has 0 aliphatic carbocycles. The first-order valence-electron chi connectivity index (χ1n) is 11.5. The van der Waals surface area contributed by atoms with E-state index in [0.717, 1.165) is 17.5 Å². The summed E-state index contributed by atoms with van der Waals surface area (Å²) in [7, 11) is 0. The summed E-state index contributed by atoms with van der Waals surface area (Å²) in [5.41, 5.74) is 2.55. The molecule has 0 spiro atoms. The quantitative estimate of drug-likeness (QED) is 0.539. The zero-order chi connectivity index (χ0) is 23.3. The van der Waals surface area contributed by atoms with Crippen LogP contribution in [0.3, 0.4) is 0 Å². The van der Waals surface area contributed by atoms with E-state index >= 15 is 0 Å². The average molecular weight is 435 g/mol. The lowest BCUT2D eigenvalue weighted by Gasteiger charge is -2.34. The van der Waals surface area contributed by atoms with Crippen molar-refractivity contribution < 1.29 is 14.4 Å². The van der Waals surface area contributed by atoms with Crippen molar-refractivity contribution in [2.45, 2.75) is 64.3 Å². The molecule has 2 aromatic rings. The fourth-order valence-electron chi connectivity index (χ4n) is 4.21. The molecule has 1 fully saturated rings. The number of carbonyl (C=O) groups is 3. The van der Waals surface area contributed by atoms with Crippen LogP contribution < -0.4 is 5.32 Å². The maximum atomic E-state index is 13.0. The number of piperidine rings is 1. The highest BCUT2D eigenvalue weighted by Crippen LogP contribution is 2.24. The van der Waals surface area contributed by atoms with Crippen molar-refractivity contribution >= 4 is 17.6 Å². The van der Waals surface area contributed by atoms with Crippen LogP contribution in [0.25, 0.3) is 0 Å². The van der Waals surface area contributed by atoms with Crippen LogP contribution in [0.2, 0.25) is 0 Å². The van der Waals surface area contributed by atoms with Crippen molar-refractivity contribution in [3.8, 4) is 0 Å². The molecular formula is C27H34N2O3. The summed E-state index contributed by atoms with van der Waals surface area (Å²) < 4.78 is 0. The highest BCUT2D eigenvalue weighted by molar-refractivity contribution is 6.42. The molecule has 2 aromatic carbocycles. The summed E-state index contributed by atoms with van der Waals surface area (Å²) in [6.45, 7) is 9.52. The largest absolute Gasteiger partial charge is 0.346 e. The first-order chi connectivity index (χ1) is 15.2. The van der Waals surface area contributed by atoms with E-state index in [9.17, 15) is 14.4 Å². The minimum absolute atomic E-state index is 0.00740. The van der Waals surface area contributed by atoms with E-state index in [1.807, 2.05) is 54.3 Å². The maximum absolute atomic E-state index is 13.0. The Bertz CT molecular complexity index is 937. The number of rotatable bonds is 6. The average Bonchev–Trinajstić information content (AvgIpc) is 2.79. The number of ketones is 1. The molecule has 0 bridgehead atoms. The molecule has 32 heavy (non-hydrogen) atoms. The topological polar surface area (TPSA) is 66.5 Å². The van der Waals surface area contributed by atoms with Gasteiger partial charge in [-0.3, -0.25) is 14.4 Å². The van der Waals surface area contributed by atoms with Gasteiger partial charge in [0.05, 0.1) is 5.92 Å². The number of amides is 2. The highest BCUT2D eigenvalue weighted by atomic mass is 16.2. The third kappa shape index (κ3) is 5.64. The number of hydrogen-bond acceptors (Lipinski definition) is 3. The van der Waals surface area contributed by atoms with Crippen LogP contribution in [0.15, 0.2) is 54.6 Å². The van der Waals surface area contributed by atoms with Crippen molar-refractivity contribution in [1.82, 2.24) is 10.2 Å². The monoisotopic (exact) mass is 434 g/mol. The number of Topliss-reactive ketones (excluding diaryl/α,β-unsaturated/α-hetero) is 1. The lowest BCUT2D eigenvalue weighted by Crippen LogP contribution is -2.49. The van der Waals surface area contributed by atoms with E-state index in [-0.39, 0.29) is 23.3 Å². The van der Waals surface area contributed by atoms with Crippen LogP contribution >= 0.6 is 0 Å². The number of hydrogen-bond donors (Lipinski definition) is 1. The van der Waals surface area contributed by atoms with Crippen LogP contribution in [0, 0.1) is 0 Å². The van der Waals surface area contributed by atoms with E-state index in [2.05, 4.69) is 26.1 Å². The molecule has 1 N–H and O–H groups in total. The highest BCUT2D eigenvalue weighted by Gasteiger charge is 2.30. The standard InChI is InChI=1S/C27H34N2O3/c1-5-23(19-9-7-6-8-10-19)26(32)29-17-15-22(16-18-29)28-25(31)24(30)20-11-13-21(14-12-20)27(2,3)4/h6-14,22-23H,5,15-18H2,1-4H3,(H,28,31). The SMILES string of the molecule is CCC(C(=O)N1CCC(NC(=O)C(=O)c2ccc(C(C)(C)C)cc2)CC1)c1ccccc1. The van der Waals surface area contributed by atoms with Gasteiger partial charge in [-0.15, -0.1) is 0 Å². The van der Waals surface area contributed by atoms with Crippen LogP contribution in [0.5, 0.6) is 0 Å². The Labute approximate surface area is 191 Å². The van der Waals surface area contributed by atoms with Crippen LogP contribution in [-0.2, 0) is 15.0 Å². The summed E-state index contributed by atoms with van der Waals surface area (Å²) >= 11 is 0. The third-order valence-electron chi connectivity index (χ3n) is 6.27. The van der Waals surface area contributed by atoms with Crippen LogP contribution in [0.4, 0.5) is 0 Å². The second kappa shape index (κ2) is 10.1. The summed E-state index contributed by atoms with van der Waals surface area (Å²) in [5.74, 6) is -1.09. The van der Waals surface area contributed by atoms with E-state index in [1.54, 1.807) is 12.1 Å². The lowest BCUT2D eigenvalue weighted by atomic mass is 9.86. The molecule has 170 valence electrons. The predicted molar refractivity (Wildman–Crippen MR) is 127 cm³/mol. The number of benzene rings is 2. The zero-order valence-corrected chi connectivity index (χ0v) is 19.6. The summed E-state index contributed by atoms with van der Waals surface area (Å²) in [5, 5.41) is 2.87. The fraction of sp³-hybridized carbons (Fsp3) is 0.444. The normalized spacial score (nSPS) is 15.8. The molecule has 3 rings (SSSR count). The molecule has 5 heteroatoms. The molecule has 5 nitrogen and oxygen atoms in total. The lowest BCUT2D eigenvalue weighted by molar-refractivity contribution is -0.134. The molecule has 1 aliphatic rings. The molecule has 1 saturated heterocycles. The van der Waals surface area contributed by atoms with Gasteiger partial charge in [0.1, 0.15) is 0 Å². The maximum Gasteiger partial charge on any atom is 0.292 e. The molecule has 0 saturated carbocycles. The van der Waals surface area contributed by atoms with Gasteiger partial charge in [-0.25, -0.2) is 0 Å². The van der Waals surface area contributed by atoms with Gasteiger partial charge in [0.2, 0.25) is 11.7 Å². The second-order valence-corrected chi connectivity index (χ2v) is 9.60. The van der Waals surface area contributed by atoms with Crippen molar-refractivity contribution in [3.05, 3.63) is 71.3 Å². The van der Waals surface area contributed by atoms with Gasteiger partial charge in [-0.1, -0.05) is 82.3 Å². The van der Waals surface area contributed by atoms with Crippen molar-refractivity contribution in [1.29, 1.82) is 0 Å². The minimum Gasteiger partial charge on any atom is -0.346 e. The smallest absolute Gasteiger partial charge is 0.292 e. The number of nitrogens with one attached hydrogen (secondary N) is 1.